The molecule has 1 heterocycles. The van der Waals surface area contributed by atoms with Gasteiger partial charge in [-0.1, -0.05) is 31.5 Å². The lowest BCUT2D eigenvalue weighted by Gasteiger charge is -2.09. The number of hydrogen-bond donors (Lipinski definition) is 1. The van der Waals surface area contributed by atoms with E-state index in [4.69, 9.17) is 0 Å². The predicted octanol–water partition coefficient (Wildman–Crippen LogP) is 4.32. The predicted molar refractivity (Wildman–Crippen MR) is 90.9 cm³/mol. The fraction of sp³-hybridized carbons (Fsp3) is 0.412. The minimum absolute atomic E-state index is 0.599. The zero-order valence-electron chi connectivity index (χ0n) is 13.2. The quantitative estimate of drug-likeness (QED) is 0.806. The summed E-state index contributed by atoms with van der Waals surface area (Å²) in [5.74, 6) is 3.19. The average molecular weight is 301 g/mol. The summed E-state index contributed by atoms with van der Waals surface area (Å²) in [6.07, 6.45) is 0.986. The molecule has 0 bridgehead atoms. The second kappa shape index (κ2) is 7.46. The van der Waals surface area contributed by atoms with Crippen molar-refractivity contribution in [3.63, 3.8) is 0 Å². The number of benzene rings is 1. The highest BCUT2D eigenvalue weighted by Crippen LogP contribution is 2.22. The molecule has 0 spiro atoms. The summed E-state index contributed by atoms with van der Waals surface area (Å²) in [4.78, 5) is 10.5. The normalized spacial score (nSPS) is 10.9. The molecule has 4 heteroatoms. The number of aryl methyl sites for hydroxylation is 1. The summed E-state index contributed by atoms with van der Waals surface area (Å²) in [7, 11) is 1.90. The van der Waals surface area contributed by atoms with Gasteiger partial charge in [-0.05, 0) is 31.4 Å². The van der Waals surface area contributed by atoms with Crippen molar-refractivity contribution in [1.82, 2.24) is 9.97 Å². The molecule has 0 aliphatic heterocycles. The maximum atomic E-state index is 4.68. The highest BCUT2D eigenvalue weighted by molar-refractivity contribution is 7.98. The first-order chi connectivity index (χ1) is 10.1. The first-order valence-corrected chi connectivity index (χ1v) is 8.29. The number of aromatic nitrogens is 2. The van der Waals surface area contributed by atoms with Crippen LogP contribution in [0, 0.1) is 12.8 Å². The summed E-state index contributed by atoms with van der Waals surface area (Å²) >= 11 is 1.78. The molecule has 2 aromatic rings. The van der Waals surface area contributed by atoms with Gasteiger partial charge in [0.25, 0.3) is 0 Å². The van der Waals surface area contributed by atoms with Crippen LogP contribution in [0.15, 0.2) is 35.2 Å². The van der Waals surface area contributed by atoms with Crippen LogP contribution in [0.1, 0.15) is 30.9 Å². The number of nitrogens with zero attached hydrogens (tertiary/aromatic N) is 2. The number of anilines is 1. The zero-order chi connectivity index (χ0) is 15.2. The maximum absolute atomic E-state index is 4.68. The topological polar surface area (TPSA) is 37.8 Å². The largest absolute Gasteiger partial charge is 0.373 e. The van der Waals surface area contributed by atoms with Gasteiger partial charge < -0.3 is 5.32 Å². The van der Waals surface area contributed by atoms with Gasteiger partial charge in [0.05, 0.1) is 5.75 Å². The number of thioether (sulfide) groups is 1. The number of rotatable bonds is 6. The standard InChI is InChI=1S/C17H23N3S/c1-12(2)9-14-10-16(18-4)20-17(19-14)11-21-15-7-5-13(3)6-8-15/h5-8,10,12H,9,11H2,1-4H3,(H,18,19,20). The highest BCUT2D eigenvalue weighted by atomic mass is 32.2. The molecule has 0 amide bonds. The van der Waals surface area contributed by atoms with Crippen molar-refractivity contribution in [1.29, 1.82) is 0 Å². The number of hydrogen-bond acceptors (Lipinski definition) is 4. The van der Waals surface area contributed by atoms with Crippen LogP contribution >= 0.6 is 11.8 Å². The van der Waals surface area contributed by atoms with Crippen molar-refractivity contribution in [3.8, 4) is 0 Å². The van der Waals surface area contributed by atoms with Crippen LogP contribution in [0.4, 0.5) is 5.82 Å². The summed E-state index contributed by atoms with van der Waals surface area (Å²) in [5.41, 5.74) is 2.40. The monoisotopic (exact) mass is 301 g/mol. The Balaban J connectivity index is 2.09. The molecule has 1 N–H and O–H groups in total. The van der Waals surface area contributed by atoms with Gasteiger partial charge in [-0.2, -0.15) is 0 Å². The first kappa shape index (κ1) is 15.8. The molecule has 0 saturated carbocycles. The van der Waals surface area contributed by atoms with Crippen molar-refractivity contribution in [2.24, 2.45) is 5.92 Å². The van der Waals surface area contributed by atoms with Gasteiger partial charge in [0.2, 0.25) is 0 Å². The molecule has 1 aromatic heterocycles. The highest BCUT2D eigenvalue weighted by Gasteiger charge is 2.06. The molecule has 0 radical (unpaired) electrons. The van der Waals surface area contributed by atoms with Crippen LogP contribution < -0.4 is 5.32 Å². The Morgan fingerprint density at radius 1 is 1.14 bits per heavy atom. The molecule has 0 aliphatic rings. The van der Waals surface area contributed by atoms with Gasteiger partial charge in [0.15, 0.2) is 0 Å². The van der Waals surface area contributed by atoms with Gasteiger partial charge in [0, 0.05) is 23.7 Å². The molecule has 0 saturated heterocycles. The Morgan fingerprint density at radius 3 is 2.48 bits per heavy atom. The lowest BCUT2D eigenvalue weighted by Crippen LogP contribution is -2.05. The third kappa shape index (κ3) is 5.05. The van der Waals surface area contributed by atoms with Crippen LogP contribution in [0.25, 0.3) is 0 Å². The van der Waals surface area contributed by atoms with E-state index in [2.05, 4.69) is 60.3 Å². The van der Waals surface area contributed by atoms with E-state index in [-0.39, 0.29) is 0 Å². The second-order valence-corrected chi connectivity index (χ2v) is 6.66. The van der Waals surface area contributed by atoms with Gasteiger partial charge in [-0.25, -0.2) is 9.97 Å². The van der Waals surface area contributed by atoms with Crippen LogP contribution in [0.3, 0.4) is 0 Å². The van der Waals surface area contributed by atoms with E-state index in [1.54, 1.807) is 11.8 Å². The lowest BCUT2D eigenvalue weighted by atomic mass is 10.1. The Bertz CT molecular complexity index is 579. The third-order valence-corrected chi connectivity index (χ3v) is 4.10. The van der Waals surface area contributed by atoms with E-state index in [9.17, 15) is 0 Å². The minimum atomic E-state index is 0.599. The summed E-state index contributed by atoms with van der Waals surface area (Å²) in [6.45, 7) is 6.52. The van der Waals surface area contributed by atoms with Crippen molar-refractivity contribution in [2.75, 3.05) is 12.4 Å². The first-order valence-electron chi connectivity index (χ1n) is 7.31. The fourth-order valence-corrected chi connectivity index (χ4v) is 2.80. The van der Waals surface area contributed by atoms with Gasteiger partial charge in [0.1, 0.15) is 11.6 Å². The third-order valence-electron chi connectivity index (χ3n) is 3.09. The van der Waals surface area contributed by atoms with E-state index in [0.717, 1.165) is 29.5 Å². The molecule has 112 valence electrons. The van der Waals surface area contributed by atoms with Crippen molar-refractivity contribution >= 4 is 17.6 Å². The Hall–Kier alpha value is -1.55. The van der Waals surface area contributed by atoms with E-state index in [0.29, 0.717) is 5.92 Å². The molecule has 21 heavy (non-hydrogen) atoms. The molecule has 2 rings (SSSR count). The summed E-state index contributed by atoms with van der Waals surface area (Å²) < 4.78 is 0. The molecular formula is C17H23N3S. The SMILES string of the molecule is CNc1cc(CC(C)C)nc(CSc2ccc(C)cc2)n1. The van der Waals surface area contributed by atoms with E-state index < -0.39 is 0 Å². The van der Waals surface area contributed by atoms with Crippen molar-refractivity contribution in [2.45, 2.75) is 37.8 Å². The van der Waals surface area contributed by atoms with Gasteiger partial charge in [-0.3, -0.25) is 0 Å². The summed E-state index contributed by atoms with van der Waals surface area (Å²) in [5, 5.41) is 3.13. The second-order valence-electron chi connectivity index (χ2n) is 5.61. The summed E-state index contributed by atoms with van der Waals surface area (Å²) in [6, 6.07) is 10.6. The average Bonchev–Trinajstić information content (AvgIpc) is 2.45. The Morgan fingerprint density at radius 2 is 1.86 bits per heavy atom. The molecule has 3 nitrogen and oxygen atoms in total. The molecule has 0 atom stereocenters. The smallest absolute Gasteiger partial charge is 0.141 e. The van der Waals surface area contributed by atoms with Gasteiger partial charge in [-0.15, -0.1) is 11.8 Å². The fourth-order valence-electron chi connectivity index (χ4n) is 2.05. The van der Waals surface area contributed by atoms with Crippen molar-refractivity contribution < 1.29 is 0 Å². The number of nitrogens with one attached hydrogen (secondary N) is 1. The Labute approximate surface area is 131 Å². The van der Waals surface area contributed by atoms with Crippen molar-refractivity contribution in [3.05, 3.63) is 47.4 Å². The van der Waals surface area contributed by atoms with Crippen LogP contribution in [0.2, 0.25) is 0 Å². The lowest BCUT2D eigenvalue weighted by molar-refractivity contribution is 0.632. The van der Waals surface area contributed by atoms with Gasteiger partial charge >= 0.3 is 0 Å². The Kier molecular flexibility index (Phi) is 5.62. The van der Waals surface area contributed by atoms with E-state index in [1.165, 1.54) is 10.5 Å². The maximum Gasteiger partial charge on any atom is 0.141 e. The molecule has 0 aliphatic carbocycles. The van der Waals surface area contributed by atoms with Crippen LogP contribution in [0.5, 0.6) is 0 Å². The molecular weight excluding hydrogens is 278 g/mol. The van der Waals surface area contributed by atoms with Crippen LogP contribution in [-0.2, 0) is 12.2 Å². The molecule has 0 unspecified atom stereocenters. The minimum Gasteiger partial charge on any atom is -0.373 e. The van der Waals surface area contributed by atoms with E-state index in [1.807, 2.05) is 13.1 Å². The zero-order valence-corrected chi connectivity index (χ0v) is 14.0. The van der Waals surface area contributed by atoms with Crippen LogP contribution in [-0.4, -0.2) is 17.0 Å². The molecule has 1 aromatic carbocycles. The van der Waals surface area contributed by atoms with E-state index >= 15 is 0 Å². The molecule has 0 fully saturated rings.